The van der Waals surface area contributed by atoms with Crippen molar-refractivity contribution in [2.24, 2.45) is 11.8 Å². The molecule has 0 radical (unpaired) electrons. The van der Waals surface area contributed by atoms with Crippen LogP contribution in [0.1, 0.15) is 36.1 Å². The number of aromatic nitrogens is 3. The molecular weight excluding hydrogens is 338 g/mol. The first-order chi connectivity index (χ1) is 13.0. The van der Waals surface area contributed by atoms with E-state index in [1.165, 1.54) is 6.42 Å². The monoisotopic (exact) mass is 367 g/mol. The summed E-state index contributed by atoms with van der Waals surface area (Å²) in [6, 6.07) is 4.08. The zero-order valence-corrected chi connectivity index (χ0v) is 16.5. The van der Waals surface area contributed by atoms with Gasteiger partial charge in [-0.3, -0.25) is 9.88 Å². The lowest BCUT2D eigenvalue weighted by atomic mass is 9.64. The number of aliphatic hydroxyl groups is 1. The van der Waals surface area contributed by atoms with Gasteiger partial charge >= 0.3 is 0 Å². The first-order valence-corrected chi connectivity index (χ1v) is 9.83. The van der Waals surface area contributed by atoms with E-state index in [1.807, 2.05) is 50.6 Å². The highest BCUT2D eigenvalue weighted by Gasteiger charge is 2.52. The van der Waals surface area contributed by atoms with E-state index < -0.39 is 5.60 Å². The second kappa shape index (κ2) is 7.17. The highest BCUT2D eigenvalue weighted by Crippen LogP contribution is 2.48. The van der Waals surface area contributed by atoms with E-state index >= 15 is 0 Å². The van der Waals surface area contributed by atoms with Crippen molar-refractivity contribution in [3.05, 3.63) is 47.5 Å². The Bertz CT molecular complexity index is 760. The summed E-state index contributed by atoms with van der Waals surface area (Å²) < 4.78 is 0. The van der Waals surface area contributed by atoms with Crippen LogP contribution in [0, 0.1) is 18.8 Å². The van der Waals surface area contributed by atoms with Gasteiger partial charge in [0.05, 0.1) is 5.69 Å². The standard InChI is InChI=1S/C21H29N5O/c1-15-7-8-19(22-9-15)21(27)17-5-4-6-18(21)14-26(13-17)12-16-10-23-20(24-11-16)25(2)3/h7-11,17-18,27H,4-6,12-14H2,1-3H3/t17-,18-/m0/s1. The maximum Gasteiger partial charge on any atom is 0.224 e. The molecule has 0 aromatic carbocycles. The minimum atomic E-state index is -0.798. The molecule has 1 aliphatic carbocycles. The fraction of sp³-hybridized carbons (Fsp3) is 0.571. The summed E-state index contributed by atoms with van der Waals surface area (Å²) in [7, 11) is 3.89. The third-order valence-electron chi connectivity index (χ3n) is 6.13. The van der Waals surface area contributed by atoms with E-state index in [0.29, 0.717) is 0 Å². The molecule has 2 atom stereocenters. The Morgan fingerprint density at radius 2 is 1.74 bits per heavy atom. The molecule has 1 saturated carbocycles. The Morgan fingerprint density at radius 3 is 2.30 bits per heavy atom. The molecule has 2 bridgehead atoms. The smallest absolute Gasteiger partial charge is 0.224 e. The number of hydrogen-bond acceptors (Lipinski definition) is 6. The minimum Gasteiger partial charge on any atom is -0.383 e. The zero-order chi connectivity index (χ0) is 19.0. The fourth-order valence-corrected chi connectivity index (χ4v) is 4.71. The van der Waals surface area contributed by atoms with E-state index in [9.17, 15) is 5.11 Å². The molecule has 2 fully saturated rings. The molecule has 2 aromatic rings. The SMILES string of the molecule is Cc1ccc(C2(O)[C@H]3CCC[C@H]2CN(Cc2cnc(N(C)C)nc2)C3)nc1. The molecule has 4 rings (SSSR count). The van der Waals surface area contributed by atoms with Crippen molar-refractivity contribution < 1.29 is 5.11 Å². The average molecular weight is 367 g/mol. The second-order valence-electron chi connectivity index (χ2n) is 8.35. The molecule has 3 heterocycles. The van der Waals surface area contributed by atoms with E-state index in [0.717, 1.165) is 55.2 Å². The van der Waals surface area contributed by atoms with E-state index in [4.69, 9.17) is 0 Å². The number of fused-ring (bicyclic) bond motifs is 2. The molecule has 6 nitrogen and oxygen atoms in total. The van der Waals surface area contributed by atoms with Gasteiger partial charge in [0.1, 0.15) is 5.60 Å². The topological polar surface area (TPSA) is 65.4 Å². The first-order valence-electron chi connectivity index (χ1n) is 9.83. The number of aryl methyl sites for hydroxylation is 1. The summed E-state index contributed by atoms with van der Waals surface area (Å²) in [5, 5.41) is 11.7. The van der Waals surface area contributed by atoms with E-state index in [1.54, 1.807) is 0 Å². The third kappa shape index (κ3) is 3.44. The van der Waals surface area contributed by atoms with Gasteiger partial charge in [-0.1, -0.05) is 12.5 Å². The van der Waals surface area contributed by atoms with Gasteiger partial charge in [0.15, 0.2) is 0 Å². The Balaban J connectivity index is 1.51. The Kier molecular flexibility index (Phi) is 4.86. The van der Waals surface area contributed by atoms with Crippen molar-refractivity contribution in [2.75, 3.05) is 32.1 Å². The minimum absolute atomic E-state index is 0.224. The Labute approximate surface area is 161 Å². The summed E-state index contributed by atoms with van der Waals surface area (Å²) in [5.74, 6) is 1.18. The van der Waals surface area contributed by atoms with Crippen LogP contribution in [0.5, 0.6) is 0 Å². The highest BCUT2D eigenvalue weighted by atomic mass is 16.3. The number of pyridine rings is 1. The van der Waals surface area contributed by atoms with Gasteiger partial charge in [0.25, 0.3) is 0 Å². The van der Waals surface area contributed by atoms with Crippen molar-refractivity contribution in [1.82, 2.24) is 19.9 Å². The quantitative estimate of drug-likeness (QED) is 0.895. The number of rotatable bonds is 4. The van der Waals surface area contributed by atoms with Crippen molar-refractivity contribution in [3.8, 4) is 0 Å². The number of nitrogens with zero attached hydrogens (tertiary/aromatic N) is 5. The first kappa shape index (κ1) is 18.3. The van der Waals surface area contributed by atoms with Crippen LogP contribution in [0.15, 0.2) is 30.7 Å². The summed E-state index contributed by atoms with van der Waals surface area (Å²) in [6.07, 6.45) is 9.00. The maximum atomic E-state index is 11.7. The molecule has 144 valence electrons. The van der Waals surface area contributed by atoms with Crippen LogP contribution in [0.2, 0.25) is 0 Å². The molecule has 1 saturated heterocycles. The lowest BCUT2D eigenvalue weighted by molar-refractivity contribution is -0.151. The lowest BCUT2D eigenvalue weighted by Gasteiger charge is -2.52. The van der Waals surface area contributed by atoms with Gasteiger partial charge in [-0.15, -0.1) is 0 Å². The van der Waals surface area contributed by atoms with Gasteiger partial charge < -0.3 is 10.0 Å². The van der Waals surface area contributed by atoms with Gasteiger partial charge in [0.2, 0.25) is 5.95 Å². The van der Waals surface area contributed by atoms with Gasteiger partial charge in [-0.05, 0) is 31.4 Å². The lowest BCUT2D eigenvalue weighted by Crippen LogP contribution is -2.58. The highest BCUT2D eigenvalue weighted by molar-refractivity contribution is 5.27. The van der Waals surface area contributed by atoms with Crippen molar-refractivity contribution in [3.63, 3.8) is 0 Å². The molecule has 0 amide bonds. The van der Waals surface area contributed by atoms with Crippen molar-refractivity contribution in [2.45, 2.75) is 38.3 Å². The number of anilines is 1. The van der Waals surface area contributed by atoms with Crippen molar-refractivity contribution in [1.29, 1.82) is 0 Å². The molecule has 6 heteroatoms. The molecule has 0 spiro atoms. The second-order valence-corrected chi connectivity index (χ2v) is 8.35. The average Bonchev–Trinajstić information content (AvgIpc) is 2.63. The molecule has 27 heavy (non-hydrogen) atoms. The van der Waals surface area contributed by atoms with Crippen LogP contribution in [0.3, 0.4) is 0 Å². The Morgan fingerprint density at radius 1 is 1.07 bits per heavy atom. The van der Waals surface area contributed by atoms with Crippen LogP contribution in [0.4, 0.5) is 5.95 Å². The normalized spacial score (nSPS) is 28.1. The fourth-order valence-electron chi connectivity index (χ4n) is 4.71. The zero-order valence-electron chi connectivity index (χ0n) is 16.5. The predicted molar refractivity (Wildman–Crippen MR) is 105 cm³/mol. The molecular formula is C21H29N5O. The number of piperidine rings is 1. The van der Waals surface area contributed by atoms with Crippen LogP contribution < -0.4 is 4.90 Å². The summed E-state index contributed by atoms with van der Waals surface area (Å²) in [4.78, 5) is 17.8. The van der Waals surface area contributed by atoms with E-state index in [-0.39, 0.29) is 11.8 Å². The molecule has 2 aromatic heterocycles. The third-order valence-corrected chi connectivity index (χ3v) is 6.13. The van der Waals surface area contributed by atoms with E-state index in [2.05, 4.69) is 25.9 Å². The van der Waals surface area contributed by atoms with Crippen molar-refractivity contribution >= 4 is 5.95 Å². The predicted octanol–water partition coefficient (Wildman–Crippen LogP) is 2.37. The van der Waals surface area contributed by atoms with Crippen LogP contribution >= 0.6 is 0 Å². The van der Waals surface area contributed by atoms with Crippen LogP contribution in [-0.4, -0.2) is 52.1 Å². The molecule has 0 unspecified atom stereocenters. The number of hydrogen-bond donors (Lipinski definition) is 1. The summed E-state index contributed by atoms with van der Waals surface area (Å²) in [5.41, 5.74) is 2.30. The van der Waals surface area contributed by atoms with Gasteiger partial charge in [-0.2, -0.15) is 0 Å². The molecule has 1 aliphatic heterocycles. The largest absolute Gasteiger partial charge is 0.383 e. The van der Waals surface area contributed by atoms with Crippen LogP contribution in [0.25, 0.3) is 0 Å². The van der Waals surface area contributed by atoms with Gasteiger partial charge in [-0.25, -0.2) is 9.97 Å². The Hall–Kier alpha value is -2.05. The molecule has 2 aliphatic rings. The maximum absolute atomic E-state index is 11.7. The summed E-state index contributed by atoms with van der Waals surface area (Å²) >= 11 is 0. The number of likely N-dealkylation sites (tertiary alicyclic amines) is 1. The van der Waals surface area contributed by atoms with Gasteiger partial charge in [0, 0.05) is 69.7 Å². The summed E-state index contributed by atoms with van der Waals surface area (Å²) in [6.45, 7) is 4.64. The van der Waals surface area contributed by atoms with Crippen LogP contribution in [-0.2, 0) is 12.1 Å². The molecule has 1 N–H and O–H groups in total.